The molecular weight excluding hydrogens is 270 g/mol. The van der Waals surface area contributed by atoms with Crippen molar-refractivity contribution >= 4 is 11.6 Å². The minimum Gasteiger partial charge on any atom is -0.388 e. The van der Waals surface area contributed by atoms with Gasteiger partial charge in [-0.15, -0.1) is 0 Å². The van der Waals surface area contributed by atoms with Crippen molar-refractivity contribution in [2.75, 3.05) is 19.6 Å². The molecule has 2 nitrogen and oxygen atoms in total. The van der Waals surface area contributed by atoms with E-state index in [1.807, 2.05) is 24.3 Å². The smallest absolute Gasteiger partial charge is 0.0802 e. The van der Waals surface area contributed by atoms with Gasteiger partial charge in [0.25, 0.3) is 0 Å². The Labute approximate surface area is 126 Å². The summed E-state index contributed by atoms with van der Waals surface area (Å²) < 4.78 is 0. The lowest BCUT2D eigenvalue weighted by molar-refractivity contribution is 0.138. The molecule has 0 radical (unpaired) electrons. The van der Waals surface area contributed by atoms with Crippen LogP contribution in [0.1, 0.15) is 43.8 Å². The van der Waals surface area contributed by atoms with Gasteiger partial charge in [0.15, 0.2) is 0 Å². The van der Waals surface area contributed by atoms with E-state index >= 15 is 0 Å². The standard InChI is InChI=1S/C17H24ClNO/c18-16-7-5-15(6-8-16)17(20)9-10-19(11-13-1-2-13)12-14-3-4-14/h5-8,13-14,17,20H,1-4,9-12H2. The molecule has 2 saturated carbocycles. The van der Waals surface area contributed by atoms with Crippen LogP contribution in [0, 0.1) is 11.8 Å². The van der Waals surface area contributed by atoms with Crippen molar-refractivity contribution in [3.8, 4) is 0 Å². The molecule has 0 saturated heterocycles. The van der Waals surface area contributed by atoms with Crippen LogP contribution in [-0.2, 0) is 0 Å². The zero-order chi connectivity index (χ0) is 13.9. The molecule has 1 unspecified atom stereocenters. The highest BCUT2D eigenvalue weighted by Crippen LogP contribution is 2.34. The molecule has 0 amide bonds. The predicted octanol–water partition coefficient (Wildman–Crippen LogP) is 3.89. The van der Waals surface area contributed by atoms with Gasteiger partial charge in [0, 0.05) is 24.7 Å². The first-order valence-electron chi connectivity index (χ1n) is 7.86. The minimum absolute atomic E-state index is 0.367. The minimum atomic E-state index is -0.367. The molecule has 0 spiro atoms. The molecule has 1 aromatic rings. The van der Waals surface area contributed by atoms with E-state index in [4.69, 9.17) is 11.6 Å². The normalized spacial score (nSPS) is 20.4. The first-order chi connectivity index (χ1) is 9.70. The van der Waals surface area contributed by atoms with Gasteiger partial charge in [-0.3, -0.25) is 0 Å². The molecule has 1 aromatic carbocycles. The number of aliphatic hydroxyl groups is 1. The maximum Gasteiger partial charge on any atom is 0.0802 e. The van der Waals surface area contributed by atoms with Gasteiger partial charge in [0.05, 0.1) is 6.10 Å². The lowest BCUT2D eigenvalue weighted by Gasteiger charge is -2.23. The van der Waals surface area contributed by atoms with Gasteiger partial charge >= 0.3 is 0 Å². The number of nitrogens with zero attached hydrogens (tertiary/aromatic N) is 1. The Hall–Kier alpha value is -0.570. The molecule has 2 fully saturated rings. The van der Waals surface area contributed by atoms with Crippen molar-refractivity contribution < 1.29 is 5.11 Å². The van der Waals surface area contributed by atoms with E-state index in [0.29, 0.717) is 0 Å². The molecule has 0 bridgehead atoms. The topological polar surface area (TPSA) is 23.5 Å². The number of halogens is 1. The van der Waals surface area contributed by atoms with Crippen LogP contribution in [-0.4, -0.2) is 29.6 Å². The van der Waals surface area contributed by atoms with E-state index < -0.39 is 0 Å². The Morgan fingerprint density at radius 2 is 1.60 bits per heavy atom. The Balaban J connectivity index is 1.48. The molecule has 1 atom stereocenters. The van der Waals surface area contributed by atoms with Crippen molar-refractivity contribution in [1.29, 1.82) is 0 Å². The van der Waals surface area contributed by atoms with Gasteiger partial charge in [-0.25, -0.2) is 0 Å². The number of benzene rings is 1. The monoisotopic (exact) mass is 293 g/mol. The van der Waals surface area contributed by atoms with Gasteiger partial charge in [-0.1, -0.05) is 23.7 Å². The molecular formula is C17H24ClNO. The average molecular weight is 294 g/mol. The van der Waals surface area contributed by atoms with E-state index in [2.05, 4.69) is 4.90 Å². The van der Waals surface area contributed by atoms with E-state index in [-0.39, 0.29) is 6.10 Å². The molecule has 3 rings (SSSR count). The highest BCUT2D eigenvalue weighted by molar-refractivity contribution is 6.30. The van der Waals surface area contributed by atoms with Crippen LogP contribution in [0.2, 0.25) is 5.02 Å². The lowest BCUT2D eigenvalue weighted by Crippen LogP contribution is -2.30. The van der Waals surface area contributed by atoms with Crippen molar-refractivity contribution in [3.05, 3.63) is 34.9 Å². The Kier molecular flexibility index (Phi) is 4.65. The van der Waals surface area contributed by atoms with E-state index in [1.165, 1.54) is 38.8 Å². The molecule has 0 heterocycles. The lowest BCUT2D eigenvalue weighted by atomic mass is 10.1. The SMILES string of the molecule is OC(CCN(CC1CC1)CC1CC1)c1ccc(Cl)cc1. The largest absolute Gasteiger partial charge is 0.388 e. The molecule has 2 aliphatic carbocycles. The molecule has 3 heteroatoms. The molecule has 20 heavy (non-hydrogen) atoms. The first kappa shape index (κ1) is 14.4. The zero-order valence-electron chi connectivity index (χ0n) is 12.0. The van der Waals surface area contributed by atoms with Crippen LogP contribution in [0.5, 0.6) is 0 Å². The molecule has 0 aromatic heterocycles. The average Bonchev–Trinajstić information content (AvgIpc) is 3.32. The highest BCUT2D eigenvalue weighted by atomic mass is 35.5. The predicted molar refractivity (Wildman–Crippen MR) is 82.9 cm³/mol. The Bertz CT molecular complexity index is 411. The maximum atomic E-state index is 10.3. The van der Waals surface area contributed by atoms with Crippen LogP contribution >= 0.6 is 11.6 Å². The van der Waals surface area contributed by atoms with Gasteiger partial charge in [0.2, 0.25) is 0 Å². The van der Waals surface area contributed by atoms with Crippen LogP contribution in [0.3, 0.4) is 0 Å². The van der Waals surface area contributed by atoms with Crippen molar-refractivity contribution in [2.24, 2.45) is 11.8 Å². The summed E-state index contributed by atoms with van der Waals surface area (Å²) in [6.07, 6.45) is 6.07. The van der Waals surface area contributed by atoms with Crippen LogP contribution in [0.25, 0.3) is 0 Å². The third-order valence-electron chi connectivity index (χ3n) is 4.40. The summed E-state index contributed by atoms with van der Waals surface area (Å²) in [6, 6.07) is 7.57. The fourth-order valence-electron chi connectivity index (χ4n) is 2.74. The summed E-state index contributed by atoms with van der Waals surface area (Å²) in [7, 11) is 0. The number of rotatable bonds is 8. The summed E-state index contributed by atoms with van der Waals surface area (Å²) in [5.74, 6) is 1.86. The molecule has 2 aliphatic rings. The second-order valence-corrected chi connectivity index (χ2v) is 6.94. The summed E-state index contributed by atoms with van der Waals surface area (Å²) >= 11 is 5.88. The fourth-order valence-corrected chi connectivity index (χ4v) is 2.87. The van der Waals surface area contributed by atoms with Gasteiger partial charge in [-0.2, -0.15) is 0 Å². The molecule has 0 aliphatic heterocycles. The summed E-state index contributed by atoms with van der Waals surface area (Å²) in [6.45, 7) is 3.49. The summed E-state index contributed by atoms with van der Waals surface area (Å²) in [5.41, 5.74) is 0.979. The van der Waals surface area contributed by atoms with Gasteiger partial charge in [-0.05, 0) is 61.6 Å². The summed E-state index contributed by atoms with van der Waals surface area (Å²) in [4.78, 5) is 2.58. The molecule has 110 valence electrons. The van der Waals surface area contributed by atoms with Gasteiger partial charge < -0.3 is 10.0 Å². The molecule has 1 N–H and O–H groups in total. The third kappa shape index (κ3) is 4.47. The van der Waals surface area contributed by atoms with Crippen LogP contribution < -0.4 is 0 Å². The van der Waals surface area contributed by atoms with Crippen molar-refractivity contribution in [2.45, 2.75) is 38.2 Å². The Morgan fingerprint density at radius 3 is 2.10 bits per heavy atom. The fraction of sp³-hybridized carbons (Fsp3) is 0.647. The van der Waals surface area contributed by atoms with Crippen molar-refractivity contribution in [3.63, 3.8) is 0 Å². The Morgan fingerprint density at radius 1 is 1.05 bits per heavy atom. The number of aliphatic hydroxyl groups excluding tert-OH is 1. The number of hydrogen-bond donors (Lipinski definition) is 1. The quantitative estimate of drug-likeness (QED) is 0.786. The number of hydrogen-bond acceptors (Lipinski definition) is 2. The van der Waals surface area contributed by atoms with Gasteiger partial charge in [0.1, 0.15) is 0 Å². The third-order valence-corrected chi connectivity index (χ3v) is 4.65. The van der Waals surface area contributed by atoms with Crippen LogP contribution in [0.4, 0.5) is 0 Å². The second-order valence-electron chi connectivity index (χ2n) is 6.50. The maximum absolute atomic E-state index is 10.3. The van der Waals surface area contributed by atoms with E-state index in [0.717, 1.165) is 35.4 Å². The van der Waals surface area contributed by atoms with E-state index in [9.17, 15) is 5.11 Å². The summed E-state index contributed by atoms with van der Waals surface area (Å²) in [5, 5.41) is 11.0. The van der Waals surface area contributed by atoms with Crippen molar-refractivity contribution in [1.82, 2.24) is 4.90 Å². The van der Waals surface area contributed by atoms with E-state index in [1.54, 1.807) is 0 Å². The zero-order valence-corrected chi connectivity index (χ0v) is 12.7. The van der Waals surface area contributed by atoms with Crippen LogP contribution in [0.15, 0.2) is 24.3 Å². The first-order valence-corrected chi connectivity index (χ1v) is 8.24. The second kappa shape index (κ2) is 6.46. The highest BCUT2D eigenvalue weighted by Gasteiger charge is 2.29.